The highest BCUT2D eigenvalue weighted by atomic mass is 35.5. The standard InChI is InChI=1S/C15H16ClN/c1-12(14-8-10-17-11-9-14)2-3-13-4-6-15(16)7-5-13/h4-12H,2-3H2,1H3. The predicted octanol–water partition coefficient (Wildman–Crippen LogP) is 4.47. The second kappa shape index (κ2) is 5.83. The van der Waals surface area contributed by atoms with Crippen molar-refractivity contribution >= 4 is 11.6 Å². The average Bonchev–Trinajstić information content (AvgIpc) is 2.39. The van der Waals surface area contributed by atoms with Gasteiger partial charge in [-0.25, -0.2) is 0 Å². The fraction of sp³-hybridized carbons (Fsp3) is 0.267. The zero-order valence-corrected chi connectivity index (χ0v) is 10.7. The highest BCUT2D eigenvalue weighted by molar-refractivity contribution is 6.30. The molecule has 0 amide bonds. The van der Waals surface area contributed by atoms with Crippen molar-refractivity contribution in [3.05, 3.63) is 64.9 Å². The summed E-state index contributed by atoms with van der Waals surface area (Å²) in [6.45, 7) is 2.26. The van der Waals surface area contributed by atoms with E-state index in [1.54, 1.807) is 0 Å². The van der Waals surface area contributed by atoms with Crippen molar-refractivity contribution < 1.29 is 0 Å². The highest BCUT2D eigenvalue weighted by Crippen LogP contribution is 2.21. The lowest BCUT2D eigenvalue weighted by Crippen LogP contribution is -1.96. The number of hydrogen-bond acceptors (Lipinski definition) is 1. The molecule has 1 aromatic heterocycles. The van der Waals surface area contributed by atoms with E-state index in [0.29, 0.717) is 5.92 Å². The van der Waals surface area contributed by atoms with Crippen molar-refractivity contribution in [3.8, 4) is 0 Å². The molecule has 0 saturated carbocycles. The molecule has 0 aliphatic heterocycles. The summed E-state index contributed by atoms with van der Waals surface area (Å²) >= 11 is 5.86. The van der Waals surface area contributed by atoms with Crippen molar-refractivity contribution in [1.82, 2.24) is 4.98 Å². The number of benzene rings is 1. The SMILES string of the molecule is CC(CCc1ccc(Cl)cc1)c1ccncc1. The lowest BCUT2D eigenvalue weighted by molar-refractivity contribution is 0.678. The molecular formula is C15H16ClN. The molecule has 0 bridgehead atoms. The van der Waals surface area contributed by atoms with Gasteiger partial charge >= 0.3 is 0 Å². The number of nitrogens with zero attached hydrogens (tertiary/aromatic N) is 1. The third-order valence-electron chi connectivity index (χ3n) is 3.05. The van der Waals surface area contributed by atoms with E-state index in [0.717, 1.165) is 17.9 Å². The van der Waals surface area contributed by atoms with E-state index in [2.05, 4.69) is 36.2 Å². The lowest BCUT2D eigenvalue weighted by Gasteiger charge is -2.11. The number of pyridine rings is 1. The summed E-state index contributed by atoms with van der Waals surface area (Å²) in [6, 6.07) is 12.3. The van der Waals surface area contributed by atoms with Gasteiger partial charge in [0.1, 0.15) is 0 Å². The van der Waals surface area contributed by atoms with E-state index < -0.39 is 0 Å². The van der Waals surface area contributed by atoms with Crippen molar-refractivity contribution in [2.75, 3.05) is 0 Å². The summed E-state index contributed by atoms with van der Waals surface area (Å²) in [4.78, 5) is 4.04. The third-order valence-corrected chi connectivity index (χ3v) is 3.31. The van der Waals surface area contributed by atoms with Crippen LogP contribution in [0.1, 0.15) is 30.4 Å². The Hall–Kier alpha value is -1.34. The molecule has 88 valence electrons. The number of aromatic nitrogens is 1. The Balaban J connectivity index is 1.92. The van der Waals surface area contributed by atoms with Gasteiger partial charge in [-0.3, -0.25) is 4.98 Å². The molecule has 2 heteroatoms. The zero-order chi connectivity index (χ0) is 12.1. The molecule has 1 aromatic carbocycles. The van der Waals surface area contributed by atoms with Gasteiger partial charge in [-0.15, -0.1) is 0 Å². The Labute approximate surface area is 107 Å². The van der Waals surface area contributed by atoms with Crippen LogP contribution in [0.5, 0.6) is 0 Å². The van der Waals surface area contributed by atoms with Crippen LogP contribution in [0.4, 0.5) is 0 Å². The van der Waals surface area contributed by atoms with Crippen LogP contribution in [0.25, 0.3) is 0 Å². The molecule has 0 saturated heterocycles. The first-order valence-corrected chi connectivity index (χ1v) is 6.28. The van der Waals surface area contributed by atoms with E-state index in [4.69, 9.17) is 11.6 Å². The first-order valence-electron chi connectivity index (χ1n) is 5.90. The summed E-state index contributed by atoms with van der Waals surface area (Å²) in [6.07, 6.45) is 5.94. The molecule has 0 fully saturated rings. The van der Waals surface area contributed by atoms with Gasteiger partial charge in [0, 0.05) is 17.4 Å². The van der Waals surface area contributed by atoms with Gasteiger partial charge < -0.3 is 0 Å². The van der Waals surface area contributed by atoms with Crippen LogP contribution in [-0.4, -0.2) is 4.98 Å². The van der Waals surface area contributed by atoms with E-state index in [1.165, 1.54) is 11.1 Å². The van der Waals surface area contributed by atoms with E-state index in [9.17, 15) is 0 Å². The fourth-order valence-electron chi connectivity index (χ4n) is 1.89. The van der Waals surface area contributed by atoms with Gasteiger partial charge in [-0.1, -0.05) is 30.7 Å². The molecule has 0 aliphatic carbocycles. The molecule has 0 spiro atoms. The number of hydrogen-bond donors (Lipinski definition) is 0. The van der Waals surface area contributed by atoms with Crippen LogP contribution in [0.2, 0.25) is 5.02 Å². The van der Waals surface area contributed by atoms with Gasteiger partial charge in [0.25, 0.3) is 0 Å². The molecule has 17 heavy (non-hydrogen) atoms. The number of halogens is 1. The second-order valence-electron chi connectivity index (χ2n) is 4.35. The number of rotatable bonds is 4. The maximum atomic E-state index is 5.86. The minimum atomic E-state index is 0.564. The van der Waals surface area contributed by atoms with Gasteiger partial charge in [-0.2, -0.15) is 0 Å². The zero-order valence-electron chi connectivity index (χ0n) is 9.94. The lowest BCUT2D eigenvalue weighted by atomic mass is 9.95. The molecular weight excluding hydrogens is 230 g/mol. The Morgan fingerprint density at radius 1 is 1.06 bits per heavy atom. The molecule has 0 radical (unpaired) electrons. The molecule has 1 nitrogen and oxygen atoms in total. The Morgan fingerprint density at radius 2 is 1.71 bits per heavy atom. The monoisotopic (exact) mass is 245 g/mol. The van der Waals surface area contributed by atoms with Crippen LogP contribution >= 0.6 is 11.6 Å². The maximum Gasteiger partial charge on any atom is 0.0406 e. The van der Waals surface area contributed by atoms with Crippen LogP contribution in [0, 0.1) is 0 Å². The van der Waals surface area contributed by atoms with Crippen LogP contribution in [0.3, 0.4) is 0 Å². The van der Waals surface area contributed by atoms with Gasteiger partial charge in [0.05, 0.1) is 0 Å². The molecule has 1 heterocycles. The fourth-order valence-corrected chi connectivity index (χ4v) is 2.02. The minimum absolute atomic E-state index is 0.564. The summed E-state index contributed by atoms with van der Waals surface area (Å²) in [5.41, 5.74) is 2.70. The molecule has 1 unspecified atom stereocenters. The Morgan fingerprint density at radius 3 is 2.35 bits per heavy atom. The molecule has 1 atom stereocenters. The normalized spacial score (nSPS) is 12.4. The summed E-state index contributed by atoms with van der Waals surface area (Å²) < 4.78 is 0. The van der Waals surface area contributed by atoms with Crippen molar-refractivity contribution in [1.29, 1.82) is 0 Å². The summed E-state index contributed by atoms with van der Waals surface area (Å²) in [5.74, 6) is 0.564. The van der Waals surface area contributed by atoms with Crippen molar-refractivity contribution in [2.24, 2.45) is 0 Å². The highest BCUT2D eigenvalue weighted by Gasteiger charge is 2.05. The minimum Gasteiger partial charge on any atom is -0.265 e. The van der Waals surface area contributed by atoms with Gasteiger partial charge in [-0.05, 0) is 54.2 Å². The predicted molar refractivity (Wildman–Crippen MR) is 72.4 cm³/mol. The van der Waals surface area contributed by atoms with Crippen LogP contribution in [0.15, 0.2) is 48.8 Å². The largest absolute Gasteiger partial charge is 0.265 e. The van der Waals surface area contributed by atoms with Gasteiger partial charge in [0.15, 0.2) is 0 Å². The smallest absolute Gasteiger partial charge is 0.0406 e. The van der Waals surface area contributed by atoms with Crippen LogP contribution in [-0.2, 0) is 6.42 Å². The number of aryl methyl sites for hydroxylation is 1. The summed E-state index contributed by atoms with van der Waals surface area (Å²) in [5, 5.41) is 0.802. The first kappa shape index (κ1) is 12.1. The quantitative estimate of drug-likeness (QED) is 0.775. The molecule has 2 aromatic rings. The third kappa shape index (κ3) is 3.57. The van der Waals surface area contributed by atoms with Gasteiger partial charge in [0.2, 0.25) is 0 Å². The van der Waals surface area contributed by atoms with Crippen LogP contribution < -0.4 is 0 Å². The molecule has 0 N–H and O–H groups in total. The van der Waals surface area contributed by atoms with E-state index >= 15 is 0 Å². The van der Waals surface area contributed by atoms with E-state index in [1.807, 2.05) is 24.5 Å². The maximum absolute atomic E-state index is 5.86. The molecule has 0 aliphatic rings. The molecule has 2 rings (SSSR count). The Bertz CT molecular complexity index is 450. The Kier molecular flexibility index (Phi) is 4.16. The first-order chi connectivity index (χ1) is 8.25. The average molecular weight is 246 g/mol. The summed E-state index contributed by atoms with van der Waals surface area (Å²) in [7, 11) is 0. The van der Waals surface area contributed by atoms with Crippen molar-refractivity contribution in [3.63, 3.8) is 0 Å². The topological polar surface area (TPSA) is 12.9 Å². The van der Waals surface area contributed by atoms with Crippen molar-refractivity contribution in [2.45, 2.75) is 25.7 Å². The van der Waals surface area contributed by atoms with E-state index in [-0.39, 0.29) is 0 Å². The second-order valence-corrected chi connectivity index (χ2v) is 4.78.